The first-order chi connectivity index (χ1) is 42.3. The summed E-state index contributed by atoms with van der Waals surface area (Å²) < 4.78 is 4.94. The van der Waals surface area contributed by atoms with Gasteiger partial charge in [-0.1, -0.05) is 57.0 Å². The van der Waals surface area contributed by atoms with Crippen LogP contribution in [-0.4, -0.2) is 153 Å². The Morgan fingerprint density at radius 1 is 0.396 bits per heavy atom. The van der Waals surface area contributed by atoms with E-state index in [2.05, 4.69) is 26.6 Å². The van der Waals surface area contributed by atoms with E-state index in [4.69, 9.17) is 41.9 Å². The van der Waals surface area contributed by atoms with Gasteiger partial charge < -0.3 is 87.5 Å². The number of carbonyl (C=O) groups is 10. The Hall–Kier alpha value is -10.3. The molecule has 496 valence electrons. The fourth-order valence-electron chi connectivity index (χ4n) is 7.75. The van der Waals surface area contributed by atoms with Gasteiger partial charge in [0.25, 0.3) is 29.5 Å². The Morgan fingerprint density at radius 3 is 1.07 bits per heavy atom. The molecule has 0 aliphatic heterocycles. The van der Waals surface area contributed by atoms with Gasteiger partial charge >= 0.3 is 29.8 Å². The zero-order valence-electron chi connectivity index (χ0n) is 51.9. The molecule has 0 fully saturated rings. The molecule has 0 saturated heterocycles. The Labute approximate surface area is 529 Å². The Bertz CT molecular complexity index is 3170. The van der Waals surface area contributed by atoms with Gasteiger partial charge in [0.05, 0.1) is 67.0 Å². The number of hydrogen-bond donors (Lipinski definition) is 16. The normalized spacial score (nSPS) is 12.0. The summed E-state index contributed by atoms with van der Waals surface area (Å²) in [7, 11) is 1.45. The SMILES string of the molecule is CC(CC(=O)O)NC(=O)c1cc(C(C)C)cc(C(C)C)c1O.CC(CC(=O)O)NC(=O)c1cc(Cl)ccc1O.CC(CC(=O)O)NC(=O)c1cc(O)ccc1O.COc1ccc(O)c(C(=O)NC(C)CC(=O)O)c1.Cc1ccc(O)c(C(=O)NC(C)CC(=O)O)c1. The van der Waals surface area contributed by atoms with Crippen molar-refractivity contribution in [1.29, 1.82) is 0 Å². The maximum Gasteiger partial charge on any atom is 0.305 e. The zero-order valence-corrected chi connectivity index (χ0v) is 52.7. The highest BCUT2D eigenvalue weighted by atomic mass is 35.5. The third-order valence-electron chi connectivity index (χ3n) is 12.3. The highest BCUT2D eigenvalue weighted by Gasteiger charge is 2.23. The number of aliphatic carboxylic acids is 5. The molecular formula is C63H80ClN5O22. The van der Waals surface area contributed by atoms with Crippen LogP contribution in [0.15, 0.2) is 84.9 Å². The van der Waals surface area contributed by atoms with Gasteiger partial charge in [0.1, 0.15) is 40.2 Å². The van der Waals surface area contributed by atoms with Gasteiger partial charge in [-0.2, -0.15) is 0 Å². The number of hydrogen-bond acceptors (Lipinski definition) is 17. The van der Waals surface area contributed by atoms with Crippen LogP contribution in [0.2, 0.25) is 5.02 Å². The number of carbonyl (C=O) groups excluding carboxylic acids is 5. The number of phenolic OH excluding ortho intramolecular Hbond substituents is 6. The number of nitrogens with one attached hydrogen (secondary N) is 5. The molecular weight excluding hydrogens is 1210 g/mol. The molecule has 5 unspecified atom stereocenters. The predicted octanol–water partition coefficient (Wildman–Crippen LogP) is 7.85. The number of aromatic hydroxyl groups is 6. The van der Waals surface area contributed by atoms with Gasteiger partial charge in [-0.3, -0.25) is 47.9 Å². The summed E-state index contributed by atoms with van der Waals surface area (Å²) in [6.45, 7) is 17.6. The van der Waals surface area contributed by atoms with Gasteiger partial charge in [0, 0.05) is 35.2 Å². The van der Waals surface area contributed by atoms with E-state index in [1.165, 1.54) is 68.6 Å². The van der Waals surface area contributed by atoms with Gasteiger partial charge in [0.2, 0.25) is 0 Å². The van der Waals surface area contributed by atoms with Crippen LogP contribution in [0, 0.1) is 6.92 Å². The van der Waals surface area contributed by atoms with E-state index in [0.717, 1.165) is 22.8 Å². The van der Waals surface area contributed by atoms with E-state index in [9.17, 15) is 78.6 Å². The summed E-state index contributed by atoms with van der Waals surface area (Å²) in [5, 5.41) is 113. The Morgan fingerprint density at radius 2 is 0.714 bits per heavy atom. The molecule has 27 nitrogen and oxygen atoms in total. The molecule has 91 heavy (non-hydrogen) atoms. The summed E-state index contributed by atoms with van der Waals surface area (Å²) in [6, 6.07) is 17.5. The number of rotatable bonds is 23. The van der Waals surface area contributed by atoms with Crippen molar-refractivity contribution >= 4 is 71.0 Å². The second-order valence-corrected chi connectivity index (χ2v) is 21.9. The number of ether oxygens (including phenoxy) is 1. The molecule has 5 aromatic rings. The summed E-state index contributed by atoms with van der Waals surface area (Å²) in [4.78, 5) is 112. The minimum absolute atomic E-state index is 0.0229. The predicted molar refractivity (Wildman–Crippen MR) is 333 cm³/mol. The lowest BCUT2D eigenvalue weighted by molar-refractivity contribution is -0.138. The van der Waals surface area contributed by atoms with E-state index in [1.54, 1.807) is 52.8 Å². The molecule has 0 heterocycles. The molecule has 0 bridgehead atoms. The highest BCUT2D eigenvalue weighted by Crippen LogP contribution is 2.33. The third-order valence-corrected chi connectivity index (χ3v) is 12.5. The van der Waals surface area contributed by atoms with Gasteiger partial charge in [-0.05, 0) is 137 Å². The van der Waals surface area contributed by atoms with Crippen LogP contribution in [0.3, 0.4) is 0 Å². The fourth-order valence-corrected chi connectivity index (χ4v) is 7.92. The minimum atomic E-state index is -1.03. The summed E-state index contributed by atoms with van der Waals surface area (Å²) >= 11 is 5.70. The summed E-state index contributed by atoms with van der Waals surface area (Å²) in [6.07, 6.45) is -0.902. The number of phenols is 6. The number of halogens is 1. The monoisotopic (exact) mass is 1290 g/mol. The van der Waals surface area contributed by atoms with Crippen LogP contribution >= 0.6 is 11.6 Å². The van der Waals surface area contributed by atoms with Gasteiger partial charge in [0.15, 0.2) is 0 Å². The first kappa shape index (κ1) is 78.7. The maximum atomic E-state index is 12.3. The Balaban J connectivity index is 0.000000571. The smallest absolute Gasteiger partial charge is 0.305 e. The van der Waals surface area contributed by atoms with Gasteiger partial charge in [-0.15, -0.1) is 0 Å². The molecule has 5 atom stereocenters. The topological polar surface area (TPSA) is 463 Å². The molecule has 0 radical (unpaired) electrons. The van der Waals surface area contributed by atoms with E-state index >= 15 is 0 Å². The quantitative estimate of drug-likeness (QED) is 0.0277. The van der Waals surface area contributed by atoms with E-state index in [0.29, 0.717) is 10.8 Å². The van der Waals surface area contributed by atoms with Crippen molar-refractivity contribution in [3.8, 4) is 40.2 Å². The fraction of sp³-hybridized carbons (Fsp3) is 0.365. The molecule has 5 amide bonds. The number of benzene rings is 5. The molecule has 0 aliphatic rings. The molecule has 0 saturated carbocycles. The van der Waals surface area contributed by atoms with Crippen molar-refractivity contribution in [2.45, 2.75) is 143 Å². The summed E-state index contributed by atoms with van der Waals surface area (Å²) in [5.41, 5.74) is 2.87. The second kappa shape index (κ2) is 38.2. The molecule has 16 N–H and O–H groups in total. The zero-order chi connectivity index (χ0) is 69.7. The number of carboxylic acids is 5. The van der Waals surface area contributed by atoms with Crippen molar-refractivity contribution in [2.75, 3.05) is 7.11 Å². The van der Waals surface area contributed by atoms with Crippen LogP contribution < -0.4 is 31.3 Å². The van der Waals surface area contributed by atoms with Crippen LogP contribution in [0.5, 0.6) is 40.2 Å². The van der Waals surface area contributed by atoms with E-state index < -0.39 is 89.6 Å². The summed E-state index contributed by atoms with van der Waals surface area (Å²) in [5.74, 6) is -7.86. The standard InChI is InChI=1S/C17H25NO4.C12H15NO5.C12H15NO4.C11H12ClNO4.C11H13NO5/c1-9(2)12-7-13(10(3)4)16(21)14(8-12)17(22)18-11(5)6-15(19)20;1-7(5-11(15)16)13-12(17)9-6-8(18-2)3-4-10(9)14;1-7-3-4-10(14)9(5-7)12(17)13-8(2)6-11(15)16;1-6(4-10(15)16)13-11(17)8-5-7(12)2-3-9(8)14;1-6(4-10(15)16)12-11(17)8-5-7(13)2-3-9(8)14/h7-11,21H,6H2,1-5H3,(H,18,22)(H,19,20);3-4,6-7,14H,5H2,1-2H3,(H,13,17)(H,15,16);3-5,8,14H,6H2,1-2H3,(H,13,17)(H,15,16);2-3,5-6,14H,4H2,1H3,(H,13,17)(H,15,16);2-3,5-6,13-14H,4H2,1H3,(H,12,17)(H,15,16). The number of amides is 5. The first-order valence-corrected chi connectivity index (χ1v) is 28.3. The van der Waals surface area contributed by atoms with Crippen LogP contribution in [-0.2, 0) is 24.0 Å². The highest BCUT2D eigenvalue weighted by molar-refractivity contribution is 6.31. The average Bonchev–Trinajstić information content (AvgIpc) is 1.95. The van der Waals surface area contributed by atoms with Gasteiger partial charge in [-0.25, -0.2) is 0 Å². The van der Waals surface area contributed by atoms with Crippen LogP contribution in [0.1, 0.15) is 175 Å². The average molecular weight is 1290 g/mol. The second-order valence-electron chi connectivity index (χ2n) is 21.4. The lowest BCUT2D eigenvalue weighted by atomic mass is 9.91. The Kier molecular flexibility index (Phi) is 33.0. The first-order valence-electron chi connectivity index (χ1n) is 27.9. The molecule has 5 rings (SSSR count). The van der Waals surface area contributed by atoms with Crippen molar-refractivity contribution in [2.24, 2.45) is 0 Å². The van der Waals surface area contributed by atoms with E-state index in [1.807, 2.05) is 33.8 Å². The van der Waals surface area contributed by atoms with Crippen LogP contribution in [0.25, 0.3) is 0 Å². The van der Waals surface area contributed by atoms with Crippen LogP contribution in [0.4, 0.5) is 0 Å². The lowest BCUT2D eigenvalue weighted by Gasteiger charge is -2.18. The molecule has 0 aromatic heterocycles. The molecule has 28 heteroatoms. The lowest BCUT2D eigenvalue weighted by Crippen LogP contribution is -2.34. The number of methoxy groups -OCH3 is 1. The number of aryl methyl sites for hydroxylation is 1. The third kappa shape index (κ3) is 29.5. The largest absolute Gasteiger partial charge is 0.508 e. The van der Waals surface area contributed by atoms with Crippen molar-refractivity contribution in [1.82, 2.24) is 26.6 Å². The van der Waals surface area contributed by atoms with E-state index in [-0.39, 0.29) is 106 Å². The molecule has 0 spiro atoms. The maximum absolute atomic E-state index is 12.3. The van der Waals surface area contributed by atoms with Crippen molar-refractivity contribution in [3.05, 3.63) is 134 Å². The molecule has 5 aromatic carbocycles. The molecule has 0 aliphatic carbocycles. The minimum Gasteiger partial charge on any atom is -0.508 e. The number of carboxylic acid groups (broad SMARTS) is 5. The van der Waals surface area contributed by atoms with Crippen molar-refractivity contribution in [3.63, 3.8) is 0 Å². The van der Waals surface area contributed by atoms with Crippen molar-refractivity contribution < 1.29 is 109 Å².